The minimum absolute atomic E-state index is 0.0706. The molecule has 0 bridgehead atoms. The van der Waals surface area contributed by atoms with E-state index in [4.69, 9.17) is 16.7 Å². The van der Waals surface area contributed by atoms with Crippen LogP contribution in [0.4, 0.5) is 0 Å². The second-order valence-corrected chi connectivity index (χ2v) is 4.76. The van der Waals surface area contributed by atoms with Crippen LogP contribution in [-0.2, 0) is 0 Å². The Morgan fingerprint density at radius 3 is 2.95 bits per heavy atom. The zero-order chi connectivity index (χ0) is 13.8. The number of pyridine rings is 1. The summed E-state index contributed by atoms with van der Waals surface area (Å²) in [5.74, 6) is -0.231. The van der Waals surface area contributed by atoms with Gasteiger partial charge in [0.05, 0.1) is 23.7 Å². The van der Waals surface area contributed by atoms with Gasteiger partial charge in [-0.1, -0.05) is 24.6 Å². The lowest BCUT2D eigenvalue weighted by atomic mass is 10.1. The van der Waals surface area contributed by atoms with E-state index in [0.717, 1.165) is 10.9 Å². The molecule has 0 spiro atoms. The van der Waals surface area contributed by atoms with Crippen molar-refractivity contribution in [2.24, 2.45) is 0 Å². The SMILES string of the molecule is CCC(CO)NC(=O)c1cnc2cc(Cl)ccc2c1. The number of rotatable bonds is 4. The van der Waals surface area contributed by atoms with Gasteiger partial charge in [0.1, 0.15) is 0 Å². The molecule has 100 valence electrons. The standard InChI is InChI=1S/C14H15ClN2O2/c1-2-12(8-18)17-14(19)10-5-9-3-4-11(15)6-13(9)16-7-10/h3-7,12,18H,2,8H2,1H3,(H,17,19). The van der Waals surface area contributed by atoms with E-state index in [-0.39, 0.29) is 18.6 Å². The molecule has 1 atom stereocenters. The fourth-order valence-corrected chi connectivity index (χ4v) is 1.93. The van der Waals surface area contributed by atoms with Crippen LogP contribution in [0.2, 0.25) is 5.02 Å². The monoisotopic (exact) mass is 278 g/mol. The van der Waals surface area contributed by atoms with Crippen molar-refractivity contribution in [1.82, 2.24) is 10.3 Å². The highest BCUT2D eigenvalue weighted by Gasteiger charge is 2.12. The normalized spacial score (nSPS) is 12.4. The molecular weight excluding hydrogens is 264 g/mol. The number of amides is 1. The Kier molecular flexibility index (Phi) is 4.35. The molecule has 2 aromatic rings. The fraction of sp³-hybridized carbons (Fsp3) is 0.286. The van der Waals surface area contributed by atoms with Crippen LogP contribution >= 0.6 is 11.6 Å². The van der Waals surface area contributed by atoms with Crippen molar-refractivity contribution in [2.75, 3.05) is 6.61 Å². The van der Waals surface area contributed by atoms with Crippen LogP contribution in [-0.4, -0.2) is 28.6 Å². The van der Waals surface area contributed by atoms with Crippen molar-refractivity contribution in [3.8, 4) is 0 Å². The first-order valence-electron chi connectivity index (χ1n) is 6.11. The highest BCUT2D eigenvalue weighted by molar-refractivity contribution is 6.31. The summed E-state index contributed by atoms with van der Waals surface area (Å²) in [6.07, 6.45) is 2.19. The lowest BCUT2D eigenvalue weighted by Gasteiger charge is -2.13. The van der Waals surface area contributed by atoms with Crippen LogP contribution in [0, 0.1) is 0 Å². The number of hydrogen-bond donors (Lipinski definition) is 2. The van der Waals surface area contributed by atoms with Crippen molar-refractivity contribution in [3.05, 3.63) is 41.0 Å². The zero-order valence-corrected chi connectivity index (χ0v) is 11.3. The number of nitrogens with one attached hydrogen (secondary N) is 1. The topological polar surface area (TPSA) is 62.2 Å². The lowest BCUT2D eigenvalue weighted by molar-refractivity contribution is 0.0915. The predicted molar refractivity (Wildman–Crippen MR) is 75.4 cm³/mol. The van der Waals surface area contributed by atoms with Gasteiger partial charge in [-0.15, -0.1) is 0 Å². The predicted octanol–water partition coefficient (Wildman–Crippen LogP) is 2.39. The van der Waals surface area contributed by atoms with E-state index in [2.05, 4.69) is 10.3 Å². The summed E-state index contributed by atoms with van der Waals surface area (Å²) in [7, 11) is 0. The van der Waals surface area contributed by atoms with Gasteiger partial charge in [-0.05, 0) is 24.6 Å². The summed E-state index contributed by atoms with van der Waals surface area (Å²) in [5.41, 5.74) is 1.22. The number of aromatic nitrogens is 1. The first-order chi connectivity index (χ1) is 9.13. The highest BCUT2D eigenvalue weighted by atomic mass is 35.5. The Morgan fingerprint density at radius 2 is 2.26 bits per heavy atom. The average molecular weight is 279 g/mol. The molecule has 5 heteroatoms. The molecule has 0 saturated carbocycles. The second-order valence-electron chi connectivity index (χ2n) is 4.32. The molecule has 0 aliphatic heterocycles. The molecule has 1 heterocycles. The molecule has 1 aromatic heterocycles. The molecule has 0 saturated heterocycles. The van der Waals surface area contributed by atoms with Crippen molar-refractivity contribution in [3.63, 3.8) is 0 Å². The number of fused-ring (bicyclic) bond motifs is 1. The number of halogens is 1. The number of aliphatic hydroxyl groups is 1. The van der Waals surface area contributed by atoms with E-state index < -0.39 is 0 Å². The molecule has 4 nitrogen and oxygen atoms in total. The van der Waals surface area contributed by atoms with Crippen LogP contribution in [0.15, 0.2) is 30.5 Å². The quantitative estimate of drug-likeness (QED) is 0.903. The lowest BCUT2D eigenvalue weighted by Crippen LogP contribution is -2.36. The molecule has 2 rings (SSSR count). The number of hydrogen-bond acceptors (Lipinski definition) is 3. The smallest absolute Gasteiger partial charge is 0.253 e. The number of nitrogens with zero attached hydrogens (tertiary/aromatic N) is 1. The molecular formula is C14H15ClN2O2. The van der Waals surface area contributed by atoms with Gasteiger partial charge in [0.15, 0.2) is 0 Å². The van der Waals surface area contributed by atoms with Crippen LogP contribution in [0.3, 0.4) is 0 Å². The third kappa shape index (κ3) is 3.22. The van der Waals surface area contributed by atoms with E-state index in [0.29, 0.717) is 17.0 Å². The minimum Gasteiger partial charge on any atom is -0.394 e. The second kappa shape index (κ2) is 5.99. The number of benzene rings is 1. The summed E-state index contributed by atoms with van der Waals surface area (Å²) < 4.78 is 0. The molecule has 1 unspecified atom stereocenters. The summed E-state index contributed by atoms with van der Waals surface area (Å²) in [6, 6.07) is 6.87. The Hall–Kier alpha value is -1.65. The van der Waals surface area contributed by atoms with E-state index in [1.165, 1.54) is 6.20 Å². The van der Waals surface area contributed by atoms with Gasteiger partial charge in [0.2, 0.25) is 0 Å². The van der Waals surface area contributed by atoms with Gasteiger partial charge >= 0.3 is 0 Å². The largest absolute Gasteiger partial charge is 0.394 e. The Balaban J connectivity index is 2.25. The number of carbonyl (C=O) groups is 1. The van der Waals surface area contributed by atoms with Gasteiger partial charge in [-0.25, -0.2) is 0 Å². The van der Waals surface area contributed by atoms with Gasteiger partial charge < -0.3 is 10.4 Å². The summed E-state index contributed by atoms with van der Waals surface area (Å²) >= 11 is 5.88. The zero-order valence-electron chi connectivity index (χ0n) is 10.6. The Labute approximate surface area is 116 Å². The van der Waals surface area contributed by atoms with E-state index in [1.54, 1.807) is 18.2 Å². The van der Waals surface area contributed by atoms with Crippen molar-refractivity contribution < 1.29 is 9.90 Å². The van der Waals surface area contributed by atoms with Crippen molar-refractivity contribution in [1.29, 1.82) is 0 Å². The maximum atomic E-state index is 12.0. The maximum absolute atomic E-state index is 12.0. The Bertz CT molecular complexity index is 597. The van der Waals surface area contributed by atoms with E-state index in [1.807, 2.05) is 13.0 Å². The molecule has 0 fully saturated rings. The van der Waals surface area contributed by atoms with Gasteiger partial charge in [0.25, 0.3) is 5.91 Å². The molecule has 2 N–H and O–H groups in total. The van der Waals surface area contributed by atoms with Crippen LogP contribution in [0.1, 0.15) is 23.7 Å². The van der Waals surface area contributed by atoms with Crippen LogP contribution in [0.5, 0.6) is 0 Å². The highest BCUT2D eigenvalue weighted by Crippen LogP contribution is 2.18. The maximum Gasteiger partial charge on any atom is 0.253 e. The first-order valence-corrected chi connectivity index (χ1v) is 6.49. The Morgan fingerprint density at radius 1 is 1.47 bits per heavy atom. The molecule has 0 radical (unpaired) electrons. The molecule has 0 aliphatic carbocycles. The minimum atomic E-state index is -0.231. The summed E-state index contributed by atoms with van der Waals surface area (Å²) in [4.78, 5) is 16.2. The van der Waals surface area contributed by atoms with E-state index >= 15 is 0 Å². The third-order valence-electron chi connectivity index (χ3n) is 2.96. The van der Waals surface area contributed by atoms with Gasteiger partial charge in [-0.2, -0.15) is 0 Å². The van der Waals surface area contributed by atoms with Crippen molar-refractivity contribution in [2.45, 2.75) is 19.4 Å². The number of aliphatic hydroxyl groups excluding tert-OH is 1. The summed E-state index contributed by atoms with van der Waals surface area (Å²) in [6.45, 7) is 1.83. The molecule has 1 aromatic carbocycles. The van der Waals surface area contributed by atoms with Crippen molar-refractivity contribution >= 4 is 28.4 Å². The van der Waals surface area contributed by atoms with E-state index in [9.17, 15) is 4.79 Å². The van der Waals surface area contributed by atoms with Crippen LogP contribution in [0.25, 0.3) is 10.9 Å². The molecule has 19 heavy (non-hydrogen) atoms. The first kappa shape index (κ1) is 13.8. The molecule has 1 amide bonds. The van der Waals surface area contributed by atoms with Gasteiger partial charge in [0, 0.05) is 16.6 Å². The average Bonchev–Trinajstić information content (AvgIpc) is 2.43. The van der Waals surface area contributed by atoms with Crippen LogP contribution < -0.4 is 5.32 Å². The number of carbonyl (C=O) groups excluding carboxylic acids is 1. The molecule has 0 aliphatic rings. The third-order valence-corrected chi connectivity index (χ3v) is 3.19. The fourth-order valence-electron chi connectivity index (χ4n) is 1.76. The summed E-state index contributed by atoms with van der Waals surface area (Å²) in [5, 5.41) is 13.3. The van der Waals surface area contributed by atoms with Gasteiger partial charge in [-0.3, -0.25) is 9.78 Å².